The number of hydrogen-bond donors (Lipinski definition) is 1. The number of aliphatic hydroxyl groups excluding tert-OH is 1. The molecule has 0 aromatic carbocycles. The second kappa shape index (κ2) is 20.7. The van der Waals surface area contributed by atoms with E-state index in [0.29, 0.717) is 6.61 Å². The summed E-state index contributed by atoms with van der Waals surface area (Å²) in [7, 11) is 0.841. The first-order valence-electron chi connectivity index (χ1n) is 12.0. The normalized spacial score (nSPS) is 12.1. The SMILES string of the molecule is CC(C)CCCCCCCCCCCCCCC[N+](C)(C)CCO.COS(=O)(=O)[O-]. The first kappa shape index (κ1) is 32.0. The maximum atomic E-state index is 9.22. The minimum Gasteiger partial charge on any atom is -0.726 e. The summed E-state index contributed by atoms with van der Waals surface area (Å²) in [6.07, 6.45) is 20.0. The molecule has 0 bridgehead atoms. The molecular weight excluding hydrogens is 402 g/mol. The van der Waals surface area contributed by atoms with Gasteiger partial charge in [-0.05, 0) is 18.8 Å². The van der Waals surface area contributed by atoms with Crippen LogP contribution in [0.1, 0.15) is 104 Å². The zero-order valence-electron chi connectivity index (χ0n) is 20.5. The van der Waals surface area contributed by atoms with Gasteiger partial charge in [0, 0.05) is 0 Å². The summed E-state index contributed by atoms with van der Waals surface area (Å²) in [5, 5.41) is 9.02. The molecule has 0 saturated heterocycles. The Kier molecular flexibility index (Phi) is 22.0. The lowest BCUT2D eigenvalue weighted by Crippen LogP contribution is -2.42. The molecule has 0 radical (unpaired) electrons. The summed E-state index contributed by atoms with van der Waals surface area (Å²) in [5.74, 6) is 0.885. The average Bonchev–Trinajstić information content (AvgIpc) is 2.64. The quantitative estimate of drug-likeness (QED) is 0.125. The molecule has 0 rings (SSSR count). The number of hydrogen-bond acceptors (Lipinski definition) is 5. The fourth-order valence-electron chi connectivity index (χ4n) is 3.42. The van der Waals surface area contributed by atoms with E-state index in [0.717, 1.165) is 24.1 Å². The maximum absolute atomic E-state index is 9.22. The zero-order chi connectivity index (χ0) is 23.3. The molecule has 6 nitrogen and oxygen atoms in total. The summed E-state index contributed by atoms with van der Waals surface area (Å²) >= 11 is 0. The van der Waals surface area contributed by atoms with Gasteiger partial charge in [0.05, 0.1) is 34.4 Å². The van der Waals surface area contributed by atoms with E-state index in [2.05, 4.69) is 32.1 Å². The molecule has 0 atom stereocenters. The fraction of sp³-hybridized carbons (Fsp3) is 1.00. The highest BCUT2D eigenvalue weighted by molar-refractivity contribution is 7.80. The van der Waals surface area contributed by atoms with Crippen molar-refractivity contribution in [1.29, 1.82) is 0 Å². The summed E-state index contributed by atoms with van der Waals surface area (Å²) in [4.78, 5) is 0. The third-order valence-electron chi connectivity index (χ3n) is 5.45. The molecule has 0 aliphatic heterocycles. The van der Waals surface area contributed by atoms with Crippen LogP contribution in [-0.2, 0) is 14.6 Å². The summed E-state index contributed by atoms with van der Waals surface area (Å²) in [6.45, 7) is 7.06. The highest BCUT2D eigenvalue weighted by atomic mass is 32.3. The summed E-state index contributed by atoms with van der Waals surface area (Å²) in [5.41, 5.74) is 0. The van der Waals surface area contributed by atoms with Crippen molar-refractivity contribution in [2.75, 3.05) is 40.9 Å². The van der Waals surface area contributed by atoms with Gasteiger partial charge < -0.3 is 14.1 Å². The number of nitrogens with zero attached hydrogens (tertiary/aromatic N) is 1. The van der Waals surface area contributed by atoms with Gasteiger partial charge in [-0.3, -0.25) is 4.18 Å². The lowest BCUT2D eigenvalue weighted by Gasteiger charge is -2.28. The Morgan fingerprint density at radius 3 is 1.40 bits per heavy atom. The van der Waals surface area contributed by atoms with E-state index in [4.69, 9.17) is 5.11 Å². The Labute approximate surface area is 187 Å². The third kappa shape index (κ3) is 30.0. The first-order chi connectivity index (χ1) is 14.0. The van der Waals surface area contributed by atoms with Crippen molar-refractivity contribution in [3.8, 4) is 0 Å². The van der Waals surface area contributed by atoms with Crippen LogP contribution < -0.4 is 0 Å². The van der Waals surface area contributed by atoms with Crippen LogP contribution in [-0.4, -0.2) is 63.5 Å². The highest BCUT2D eigenvalue weighted by Crippen LogP contribution is 2.14. The van der Waals surface area contributed by atoms with Gasteiger partial charge in [0.1, 0.15) is 6.54 Å². The van der Waals surface area contributed by atoms with Gasteiger partial charge in [-0.2, -0.15) is 0 Å². The average molecular weight is 454 g/mol. The van der Waals surface area contributed by atoms with Gasteiger partial charge in [-0.1, -0.05) is 90.9 Å². The molecule has 0 saturated carbocycles. The van der Waals surface area contributed by atoms with Crippen LogP contribution >= 0.6 is 0 Å². The van der Waals surface area contributed by atoms with E-state index in [1.54, 1.807) is 0 Å². The van der Waals surface area contributed by atoms with Crippen LogP contribution in [0.5, 0.6) is 0 Å². The van der Waals surface area contributed by atoms with E-state index in [9.17, 15) is 13.0 Å². The van der Waals surface area contributed by atoms with E-state index >= 15 is 0 Å². The lowest BCUT2D eigenvalue weighted by molar-refractivity contribution is -0.890. The minimum atomic E-state index is -4.41. The topological polar surface area (TPSA) is 86.7 Å². The molecule has 1 N–H and O–H groups in total. The minimum absolute atomic E-state index is 0.310. The van der Waals surface area contributed by atoms with Crippen molar-refractivity contribution in [1.82, 2.24) is 0 Å². The largest absolute Gasteiger partial charge is 0.726 e. The summed E-state index contributed by atoms with van der Waals surface area (Å²) in [6, 6.07) is 0. The Bertz CT molecular complexity index is 453. The second-order valence-electron chi connectivity index (χ2n) is 9.46. The van der Waals surface area contributed by atoms with Gasteiger partial charge in [-0.25, -0.2) is 8.42 Å². The van der Waals surface area contributed by atoms with E-state index < -0.39 is 10.4 Å². The van der Waals surface area contributed by atoms with E-state index in [1.165, 1.54) is 96.4 Å². The first-order valence-corrected chi connectivity index (χ1v) is 13.3. The third-order valence-corrected chi connectivity index (χ3v) is 5.86. The van der Waals surface area contributed by atoms with Crippen molar-refractivity contribution in [3.05, 3.63) is 0 Å². The van der Waals surface area contributed by atoms with Gasteiger partial charge >= 0.3 is 0 Å². The predicted molar refractivity (Wildman–Crippen MR) is 125 cm³/mol. The van der Waals surface area contributed by atoms with Crippen LogP contribution in [0, 0.1) is 5.92 Å². The van der Waals surface area contributed by atoms with Crippen LogP contribution in [0.3, 0.4) is 0 Å². The van der Waals surface area contributed by atoms with Crippen molar-refractivity contribution in [2.45, 2.75) is 104 Å². The molecular formula is C23H51NO5S. The molecule has 0 aliphatic rings. The molecule has 7 heteroatoms. The number of quaternary nitrogens is 1. The number of likely N-dealkylation sites (N-methyl/N-ethyl adjacent to an activating group) is 1. The van der Waals surface area contributed by atoms with Crippen LogP contribution in [0.15, 0.2) is 0 Å². The molecule has 30 heavy (non-hydrogen) atoms. The Hall–Kier alpha value is -0.210. The maximum Gasteiger partial charge on any atom is 0.217 e. The number of unbranched alkanes of at least 4 members (excludes halogenated alkanes) is 12. The Morgan fingerprint density at radius 2 is 1.10 bits per heavy atom. The smallest absolute Gasteiger partial charge is 0.217 e. The van der Waals surface area contributed by atoms with Crippen LogP contribution in [0.25, 0.3) is 0 Å². The van der Waals surface area contributed by atoms with Gasteiger partial charge in [0.15, 0.2) is 0 Å². The van der Waals surface area contributed by atoms with Crippen molar-refractivity contribution in [3.63, 3.8) is 0 Å². The molecule has 0 heterocycles. The standard InChI is InChI=1S/C22H48NO.CH4O4S/c1-22(2)18-16-14-12-10-8-6-5-7-9-11-13-15-17-19-23(3,4)20-21-24;1-5-6(2,3)4/h22,24H,5-21H2,1-4H3;1H3,(H,2,3,4)/q+1;/p-1. The number of rotatable bonds is 19. The van der Waals surface area contributed by atoms with E-state index in [1.807, 2.05) is 0 Å². The molecule has 0 spiro atoms. The van der Waals surface area contributed by atoms with Gasteiger partial charge in [0.25, 0.3) is 0 Å². The fourth-order valence-corrected chi connectivity index (χ4v) is 3.42. The second-order valence-corrected chi connectivity index (χ2v) is 10.6. The number of aliphatic hydroxyl groups is 1. The summed E-state index contributed by atoms with van der Waals surface area (Å²) < 4.78 is 32.0. The van der Waals surface area contributed by atoms with Gasteiger partial charge in [0.2, 0.25) is 10.4 Å². The van der Waals surface area contributed by atoms with Gasteiger partial charge in [-0.15, -0.1) is 0 Å². The molecule has 0 fully saturated rings. The lowest BCUT2D eigenvalue weighted by atomic mass is 10.0. The van der Waals surface area contributed by atoms with Crippen molar-refractivity contribution < 1.29 is 26.7 Å². The van der Waals surface area contributed by atoms with E-state index in [-0.39, 0.29) is 0 Å². The molecule has 0 aliphatic carbocycles. The zero-order valence-corrected chi connectivity index (χ0v) is 21.4. The van der Waals surface area contributed by atoms with Crippen LogP contribution in [0.4, 0.5) is 0 Å². The predicted octanol–water partition coefficient (Wildman–Crippen LogP) is 5.27. The Balaban J connectivity index is 0. The highest BCUT2D eigenvalue weighted by Gasteiger charge is 2.12. The monoisotopic (exact) mass is 453 g/mol. The molecule has 0 aromatic rings. The molecule has 0 amide bonds. The van der Waals surface area contributed by atoms with Crippen LogP contribution in [0.2, 0.25) is 0 Å². The molecule has 0 aromatic heterocycles. The Morgan fingerprint density at radius 1 is 0.767 bits per heavy atom. The van der Waals surface area contributed by atoms with Crippen molar-refractivity contribution >= 4 is 10.4 Å². The van der Waals surface area contributed by atoms with Crippen molar-refractivity contribution in [2.24, 2.45) is 5.92 Å². The molecule has 0 unspecified atom stereocenters. The molecule has 184 valence electrons.